The van der Waals surface area contributed by atoms with Crippen LogP contribution in [0.1, 0.15) is 56.1 Å². The molecule has 1 nitrogen and oxygen atoms in total. The third kappa shape index (κ3) is 2.49. The Bertz CT molecular complexity index is 468. The number of rotatable bonds is 1. The van der Waals surface area contributed by atoms with E-state index in [1.165, 1.54) is 11.1 Å². The van der Waals surface area contributed by atoms with E-state index < -0.39 is 0 Å². The number of hydrogen-bond donors (Lipinski definition) is 0. The molecule has 1 aliphatic rings. The fourth-order valence-electron chi connectivity index (χ4n) is 2.30. The molecule has 1 unspecified atom stereocenters. The third-order valence-corrected chi connectivity index (χ3v) is 5.12. The lowest BCUT2D eigenvalue weighted by Crippen LogP contribution is -2.28. The quantitative estimate of drug-likeness (QED) is 0.744. The zero-order valence-electron chi connectivity index (χ0n) is 11.9. The molecule has 1 atom stereocenters. The fourth-order valence-corrected chi connectivity index (χ4v) is 3.58. The van der Waals surface area contributed by atoms with E-state index in [9.17, 15) is 4.79 Å². The van der Waals surface area contributed by atoms with Gasteiger partial charge in [0.1, 0.15) is 0 Å². The maximum absolute atomic E-state index is 12.5. The molecule has 0 aliphatic carbocycles. The van der Waals surface area contributed by atoms with Crippen LogP contribution in [0.25, 0.3) is 0 Å². The summed E-state index contributed by atoms with van der Waals surface area (Å²) in [5, 5.41) is 0.132. The van der Waals surface area contributed by atoms with Gasteiger partial charge in [-0.25, -0.2) is 0 Å². The number of Topliss-reactive ketones (excluding diaryl/α,β-unsaturated/α-hetero) is 1. The summed E-state index contributed by atoms with van der Waals surface area (Å²) in [6, 6.07) is 6.42. The van der Waals surface area contributed by atoms with Crippen LogP contribution in [-0.2, 0) is 11.2 Å². The molecule has 2 heteroatoms. The second-order valence-electron chi connectivity index (χ2n) is 6.46. The molecule has 98 valence electrons. The lowest BCUT2D eigenvalue weighted by molar-refractivity contribution is 0.0973. The largest absolute Gasteiger partial charge is 0.293 e. The van der Waals surface area contributed by atoms with E-state index in [2.05, 4.69) is 52.8 Å². The molecule has 1 aliphatic heterocycles. The van der Waals surface area contributed by atoms with Crippen molar-refractivity contribution in [3.63, 3.8) is 0 Å². The summed E-state index contributed by atoms with van der Waals surface area (Å²) in [6.07, 6.45) is 0. The minimum Gasteiger partial charge on any atom is -0.293 e. The van der Waals surface area contributed by atoms with E-state index in [1.54, 1.807) is 11.8 Å². The maximum Gasteiger partial charge on any atom is 0.176 e. The topological polar surface area (TPSA) is 17.1 Å². The molecule has 1 aromatic carbocycles. The second kappa shape index (κ2) is 4.73. The smallest absolute Gasteiger partial charge is 0.176 e. The lowest BCUT2D eigenvalue weighted by atomic mass is 9.84. The van der Waals surface area contributed by atoms with Gasteiger partial charge < -0.3 is 0 Å². The van der Waals surface area contributed by atoms with Crippen molar-refractivity contribution in [3.05, 3.63) is 34.9 Å². The molecule has 0 N–H and O–H groups in total. The summed E-state index contributed by atoms with van der Waals surface area (Å²) in [5.74, 6) is 1.70. The molecular weight excluding hydrogens is 240 g/mol. The summed E-state index contributed by atoms with van der Waals surface area (Å²) in [7, 11) is 0. The number of fused-ring (bicyclic) bond motifs is 1. The van der Waals surface area contributed by atoms with Crippen molar-refractivity contribution in [1.29, 1.82) is 0 Å². The van der Waals surface area contributed by atoms with E-state index in [-0.39, 0.29) is 10.7 Å². The van der Waals surface area contributed by atoms with Gasteiger partial charge in [0.05, 0.1) is 5.25 Å². The molecule has 0 saturated carbocycles. The van der Waals surface area contributed by atoms with Crippen molar-refractivity contribution < 1.29 is 4.79 Å². The Morgan fingerprint density at radius 2 is 1.94 bits per heavy atom. The zero-order valence-corrected chi connectivity index (χ0v) is 12.7. The van der Waals surface area contributed by atoms with E-state index >= 15 is 0 Å². The van der Waals surface area contributed by atoms with Crippen molar-refractivity contribution in [2.75, 3.05) is 0 Å². The van der Waals surface area contributed by atoms with Gasteiger partial charge in [0, 0.05) is 11.3 Å². The van der Waals surface area contributed by atoms with E-state index in [0.717, 1.165) is 11.3 Å². The Morgan fingerprint density at radius 3 is 2.50 bits per heavy atom. The summed E-state index contributed by atoms with van der Waals surface area (Å²) in [6.45, 7) is 10.8. The average molecular weight is 262 g/mol. The summed E-state index contributed by atoms with van der Waals surface area (Å²) in [5.41, 5.74) is 3.52. The van der Waals surface area contributed by atoms with Crippen molar-refractivity contribution in [2.24, 2.45) is 5.92 Å². The third-order valence-electron chi connectivity index (χ3n) is 3.52. The van der Waals surface area contributed by atoms with Crippen LogP contribution in [0.3, 0.4) is 0 Å². The highest BCUT2D eigenvalue weighted by Crippen LogP contribution is 2.36. The number of benzene rings is 1. The van der Waals surface area contributed by atoms with Gasteiger partial charge in [0.25, 0.3) is 0 Å². The first-order valence-electron chi connectivity index (χ1n) is 6.60. The predicted molar refractivity (Wildman–Crippen MR) is 79.4 cm³/mol. The van der Waals surface area contributed by atoms with Crippen LogP contribution >= 0.6 is 11.8 Å². The molecular formula is C16H22OS. The van der Waals surface area contributed by atoms with Crippen LogP contribution in [0.4, 0.5) is 0 Å². The van der Waals surface area contributed by atoms with Gasteiger partial charge in [-0.1, -0.05) is 46.8 Å². The number of hydrogen-bond acceptors (Lipinski definition) is 2. The molecule has 0 fully saturated rings. The van der Waals surface area contributed by atoms with Gasteiger partial charge in [0.2, 0.25) is 0 Å². The van der Waals surface area contributed by atoms with E-state index in [4.69, 9.17) is 0 Å². The predicted octanol–water partition coefficient (Wildman–Crippen LogP) is 4.44. The van der Waals surface area contributed by atoms with Crippen molar-refractivity contribution >= 4 is 17.5 Å². The van der Waals surface area contributed by atoms with Crippen LogP contribution in [0.15, 0.2) is 18.2 Å². The number of thioether (sulfide) groups is 1. The molecule has 0 aromatic heterocycles. The molecule has 0 saturated heterocycles. The van der Waals surface area contributed by atoms with Crippen LogP contribution in [0.5, 0.6) is 0 Å². The average Bonchev–Trinajstić information content (AvgIpc) is 2.27. The van der Waals surface area contributed by atoms with Crippen molar-refractivity contribution in [2.45, 2.75) is 51.0 Å². The Kier molecular flexibility index (Phi) is 3.59. The Balaban J connectivity index is 2.43. The van der Waals surface area contributed by atoms with Gasteiger partial charge >= 0.3 is 0 Å². The first-order chi connectivity index (χ1) is 8.30. The molecule has 0 radical (unpaired) electrons. The fraction of sp³-hybridized carbons (Fsp3) is 0.562. The van der Waals surface area contributed by atoms with Gasteiger partial charge in [-0.2, -0.15) is 0 Å². The van der Waals surface area contributed by atoms with Crippen LogP contribution < -0.4 is 0 Å². The second-order valence-corrected chi connectivity index (χ2v) is 7.59. The molecule has 0 amide bonds. The van der Waals surface area contributed by atoms with Crippen LogP contribution in [0, 0.1) is 5.92 Å². The molecule has 0 spiro atoms. The monoisotopic (exact) mass is 262 g/mol. The first-order valence-corrected chi connectivity index (χ1v) is 7.65. The van der Waals surface area contributed by atoms with Crippen molar-refractivity contribution in [1.82, 2.24) is 0 Å². The van der Waals surface area contributed by atoms with Gasteiger partial charge in [0.15, 0.2) is 5.78 Å². The highest BCUT2D eigenvalue weighted by molar-refractivity contribution is 8.00. The normalized spacial score (nSPS) is 20.1. The highest BCUT2D eigenvalue weighted by atomic mass is 32.2. The zero-order chi connectivity index (χ0) is 13.5. The summed E-state index contributed by atoms with van der Waals surface area (Å²) >= 11 is 1.79. The maximum atomic E-state index is 12.5. The number of ketones is 1. The number of carbonyl (C=O) groups excluding carboxylic acids is 1. The lowest BCUT2D eigenvalue weighted by Gasteiger charge is -2.28. The van der Waals surface area contributed by atoms with Crippen LogP contribution in [-0.4, -0.2) is 11.0 Å². The molecule has 2 rings (SSSR count). The Hall–Kier alpha value is -0.760. The minimum atomic E-state index is 0.104. The standard InChI is InChI=1S/C16H22OS/c1-10(2)15-14(17)13-8-12(16(3,4)5)7-6-11(13)9-18-15/h6-8,10,15H,9H2,1-5H3. The van der Waals surface area contributed by atoms with E-state index in [0.29, 0.717) is 11.7 Å². The van der Waals surface area contributed by atoms with Gasteiger partial charge in [-0.05, 0) is 28.5 Å². The molecule has 1 heterocycles. The highest BCUT2D eigenvalue weighted by Gasteiger charge is 2.31. The van der Waals surface area contributed by atoms with E-state index in [1.807, 2.05) is 0 Å². The number of carbonyl (C=O) groups is 1. The SMILES string of the molecule is CC(C)C1SCc2ccc(C(C)(C)C)cc2C1=O. The molecule has 0 bridgehead atoms. The molecule has 1 aromatic rings. The van der Waals surface area contributed by atoms with Crippen LogP contribution in [0.2, 0.25) is 0 Å². The Labute approximate surface area is 114 Å². The molecule has 18 heavy (non-hydrogen) atoms. The summed E-state index contributed by atoms with van der Waals surface area (Å²) in [4.78, 5) is 12.5. The minimum absolute atomic E-state index is 0.104. The Morgan fingerprint density at radius 1 is 1.28 bits per heavy atom. The van der Waals surface area contributed by atoms with Gasteiger partial charge in [-0.3, -0.25) is 4.79 Å². The summed E-state index contributed by atoms with van der Waals surface area (Å²) < 4.78 is 0. The van der Waals surface area contributed by atoms with Gasteiger partial charge in [-0.15, -0.1) is 11.8 Å². The van der Waals surface area contributed by atoms with Crippen molar-refractivity contribution in [3.8, 4) is 0 Å². The first kappa shape index (κ1) is 13.7.